The first-order valence-electron chi connectivity index (χ1n) is 5.87. The number of rotatable bonds is 5. The molecule has 1 nitrogen and oxygen atoms in total. The standard InChI is InChI=1S/C14H22O/c1-4-5-14(15)9-8-13-7-6-11(2)12(3)10-13/h6-7,10,14-15H,4-5,8-9H2,1-3H3. The maximum atomic E-state index is 9.63. The van der Waals surface area contributed by atoms with Gasteiger partial charge in [0.25, 0.3) is 0 Å². The lowest BCUT2D eigenvalue weighted by Gasteiger charge is -2.10. The smallest absolute Gasteiger partial charge is 0.0543 e. The second kappa shape index (κ2) is 5.92. The van der Waals surface area contributed by atoms with Crippen molar-refractivity contribution in [3.63, 3.8) is 0 Å². The molecular weight excluding hydrogens is 184 g/mol. The van der Waals surface area contributed by atoms with E-state index in [-0.39, 0.29) is 6.10 Å². The lowest BCUT2D eigenvalue weighted by Crippen LogP contribution is -2.07. The van der Waals surface area contributed by atoms with Crippen LogP contribution in [-0.4, -0.2) is 11.2 Å². The highest BCUT2D eigenvalue weighted by Gasteiger charge is 2.03. The molecule has 1 N–H and O–H groups in total. The first-order chi connectivity index (χ1) is 7.13. The third-order valence-corrected chi connectivity index (χ3v) is 2.96. The highest BCUT2D eigenvalue weighted by atomic mass is 16.3. The minimum absolute atomic E-state index is 0.128. The van der Waals surface area contributed by atoms with Gasteiger partial charge in [-0.15, -0.1) is 0 Å². The van der Waals surface area contributed by atoms with Gasteiger partial charge in [0.15, 0.2) is 0 Å². The molecule has 84 valence electrons. The Balaban J connectivity index is 2.47. The van der Waals surface area contributed by atoms with Gasteiger partial charge in [-0.3, -0.25) is 0 Å². The van der Waals surface area contributed by atoms with Crippen molar-refractivity contribution in [1.82, 2.24) is 0 Å². The number of hydrogen-bond donors (Lipinski definition) is 1. The lowest BCUT2D eigenvalue weighted by atomic mass is 10.0. The maximum absolute atomic E-state index is 9.63. The van der Waals surface area contributed by atoms with Crippen molar-refractivity contribution in [2.75, 3.05) is 0 Å². The molecule has 1 unspecified atom stereocenters. The molecule has 0 radical (unpaired) electrons. The zero-order chi connectivity index (χ0) is 11.3. The second-order valence-electron chi connectivity index (χ2n) is 4.40. The number of benzene rings is 1. The van der Waals surface area contributed by atoms with E-state index in [0.717, 1.165) is 25.7 Å². The minimum Gasteiger partial charge on any atom is -0.393 e. The molecule has 0 saturated heterocycles. The monoisotopic (exact) mass is 206 g/mol. The van der Waals surface area contributed by atoms with Gasteiger partial charge in [0, 0.05) is 0 Å². The summed E-state index contributed by atoms with van der Waals surface area (Å²) in [6.07, 6.45) is 3.73. The molecule has 1 rings (SSSR count). The van der Waals surface area contributed by atoms with Gasteiger partial charge in [-0.25, -0.2) is 0 Å². The van der Waals surface area contributed by atoms with Crippen LogP contribution in [-0.2, 0) is 6.42 Å². The minimum atomic E-state index is -0.128. The quantitative estimate of drug-likeness (QED) is 0.783. The molecule has 0 heterocycles. The molecule has 0 spiro atoms. The van der Waals surface area contributed by atoms with Crippen LogP contribution in [0.25, 0.3) is 0 Å². The third kappa shape index (κ3) is 4.05. The second-order valence-corrected chi connectivity index (χ2v) is 4.40. The number of aryl methyl sites for hydroxylation is 3. The van der Waals surface area contributed by atoms with E-state index in [4.69, 9.17) is 0 Å². The maximum Gasteiger partial charge on any atom is 0.0543 e. The Kier molecular flexibility index (Phi) is 4.83. The lowest BCUT2D eigenvalue weighted by molar-refractivity contribution is 0.154. The summed E-state index contributed by atoms with van der Waals surface area (Å²) < 4.78 is 0. The predicted molar refractivity (Wildman–Crippen MR) is 65.2 cm³/mol. The van der Waals surface area contributed by atoms with Crippen molar-refractivity contribution in [2.45, 2.75) is 52.6 Å². The molecule has 15 heavy (non-hydrogen) atoms. The van der Waals surface area contributed by atoms with Crippen molar-refractivity contribution in [2.24, 2.45) is 0 Å². The molecule has 1 aromatic rings. The van der Waals surface area contributed by atoms with Gasteiger partial charge in [0.1, 0.15) is 0 Å². The molecule has 0 aliphatic rings. The molecule has 0 aliphatic heterocycles. The van der Waals surface area contributed by atoms with Crippen LogP contribution in [0.3, 0.4) is 0 Å². The van der Waals surface area contributed by atoms with Crippen LogP contribution >= 0.6 is 0 Å². The molecular formula is C14H22O. The molecule has 1 aromatic carbocycles. The summed E-state index contributed by atoms with van der Waals surface area (Å²) in [5.41, 5.74) is 4.03. The van der Waals surface area contributed by atoms with Gasteiger partial charge < -0.3 is 5.11 Å². The van der Waals surface area contributed by atoms with Gasteiger partial charge in [-0.1, -0.05) is 31.5 Å². The Morgan fingerprint density at radius 3 is 2.47 bits per heavy atom. The summed E-state index contributed by atoms with van der Waals surface area (Å²) in [4.78, 5) is 0. The van der Waals surface area contributed by atoms with E-state index in [2.05, 4.69) is 39.0 Å². The number of aliphatic hydroxyl groups excluding tert-OH is 1. The number of aliphatic hydroxyl groups is 1. The molecule has 0 aromatic heterocycles. The third-order valence-electron chi connectivity index (χ3n) is 2.96. The average Bonchev–Trinajstić information content (AvgIpc) is 2.20. The van der Waals surface area contributed by atoms with Gasteiger partial charge in [-0.05, 0) is 49.8 Å². The largest absolute Gasteiger partial charge is 0.393 e. The normalized spacial score (nSPS) is 12.8. The van der Waals surface area contributed by atoms with E-state index >= 15 is 0 Å². The Hall–Kier alpha value is -0.820. The van der Waals surface area contributed by atoms with Crippen LogP contribution in [0.15, 0.2) is 18.2 Å². The zero-order valence-electron chi connectivity index (χ0n) is 10.1. The summed E-state index contributed by atoms with van der Waals surface area (Å²) in [5, 5.41) is 9.63. The van der Waals surface area contributed by atoms with E-state index in [9.17, 15) is 5.11 Å². The first-order valence-corrected chi connectivity index (χ1v) is 5.87. The number of hydrogen-bond acceptors (Lipinski definition) is 1. The van der Waals surface area contributed by atoms with Crippen molar-refractivity contribution >= 4 is 0 Å². The topological polar surface area (TPSA) is 20.2 Å². The van der Waals surface area contributed by atoms with Crippen molar-refractivity contribution in [1.29, 1.82) is 0 Å². The van der Waals surface area contributed by atoms with Gasteiger partial charge in [0.2, 0.25) is 0 Å². The summed E-state index contributed by atoms with van der Waals surface area (Å²) in [5.74, 6) is 0. The van der Waals surface area contributed by atoms with E-state index in [1.807, 2.05) is 0 Å². The van der Waals surface area contributed by atoms with Gasteiger partial charge in [0.05, 0.1) is 6.10 Å². The van der Waals surface area contributed by atoms with Crippen LogP contribution in [0.4, 0.5) is 0 Å². The fraction of sp³-hybridized carbons (Fsp3) is 0.571. The molecule has 0 bridgehead atoms. The molecule has 1 heteroatoms. The molecule has 0 aliphatic carbocycles. The summed E-state index contributed by atoms with van der Waals surface area (Å²) >= 11 is 0. The van der Waals surface area contributed by atoms with E-state index < -0.39 is 0 Å². The molecule has 0 fully saturated rings. The van der Waals surface area contributed by atoms with Crippen LogP contribution in [0, 0.1) is 13.8 Å². The molecule has 0 saturated carbocycles. The Morgan fingerprint density at radius 1 is 1.13 bits per heavy atom. The van der Waals surface area contributed by atoms with Crippen LogP contribution in [0.1, 0.15) is 42.9 Å². The molecule has 0 amide bonds. The first kappa shape index (κ1) is 12.3. The van der Waals surface area contributed by atoms with Crippen LogP contribution < -0.4 is 0 Å². The fourth-order valence-electron chi connectivity index (χ4n) is 1.77. The van der Waals surface area contributed by atoms with Gasteiger partial charge in [-0.2, -0.15) is 0 Å². The van der Waals surface area contributed by atoms with E-state index in [1.54, 1.807) is 0 Å². The van der Waals surface area contributed by atoms with Crippen LogP contribution in [0.2, 0.25) is 0 Å². The fourth-order valence-corrected chi connectivity index (χ4v) is 1.77. The average molecular weight is 206 g/mol. The predicted octanol–water partition coefficient (Wildman–Crippen LogP) is 3.40. The van der Waals surface area contributed by atoms with Crippen molar-refractivity contribution in [3.05, 3.63) is 34.9 Å². The SMILES string of the molecule is CCCC(O)CCc1ccc(C)c(C)c1. The van der Waals surface area contributed by atoms with Gasteiger partial charge >= 0.3 is 0 Å². The van der Waals surface area contributed by atoms with Crippen molar-refractivity contribution in [3.8, 4) is 0 Å². The summed E-state index contributed by atoms with van der Waals surface area (Å²) in [7, 11) is 0. The van der Waals surface area contributed by atoms with Crippen LogP contribution in [0.5, 0.6) is 0 Å². The highest BCUT2D eigenvalue weighted by molar-refractivity contribution is 5.29. The van der Waals surface area contributed by atoms with E-state index in [1.165, 1.54) is 16.7 Å². The summed E-state index contributed by atoms with van der Waals surface area (Å²) in [6.45, 7) is 6.38. The Morgan fingerprint density at radius 2 is 1.87 bits per heavy atom. The highest BCUT2D eigenvalue weighted by Crippen LogP contribution is 2.13. The van der Waals surface area contributed by atoms with Crippen molar-refractivity contribution < 1.29 is 5.11 Å². The zero-order valence-corrected chi connectivity index (χ0v) is 10.1. The Bertz CT molecular complexity index is 304. The van der Waals surface area contributed by atoms with E-state index in [0.29, 0.717) is 0 Å². The Labute approximate surface area is 93.1 Å². The summed E-state index contributed by atoms with van der Waals surface area (Å²) in [6, 6.07) is 6.56. The molecule has 1 atom stereocenters.